The largest absolute Gasteiger partial charge is 0.368 e. The summed E-state index contributed by atoms with van der Waals surface area (Å²) in [7, 11) is 0. The number of nitrogens with zero attached hydrogens (tertiary/aromatic N) is 4. The molecule has 0 spiro atoms. The van der Waals surface area contributed by atoms with Gasteiger partial charge >= 0.3 is 0 Å². The molecule has 0 aliphatic rings. The number of hydrogen-bond acceptors (Lipinski definition) is 6. The molecule has 0 fully saturated rings. The Kier molecular flexibility index (Phi) is 5.93. The summed E-state index contributed by atoms with van der Waals surface area (Å²) in [6, 6.07) is 20.5. The van der Waals surface area contributed by atoms with Crippen LogP contribution in [0.25, 0.3) is 27.6 Å². The first-order chi connectivity index (χ1) is 16.9. The Morgan fingerprint density at radius 2 is 1.80 bits per heavy atom. The van der Waals surface area contributed by atoms with Gasteiger partial charge in [-0.2, -0.15) is 4.98 Å². The molecular formula is C27H23ClN6O. The normalized spacial score (nSPS) is 12.0. The highest BCUT2D eigenvalue weighted by atomic mass is 35.5. The van der Waals surface area contributed by atoms with Crippen molar-refractivity contribution in [3.63, 3.8) is 0 Å². The van der Waals surface area contributed by atoms with Crippen LogP contribution in [0.1, 0.15) is 24.4 Å². The molecule has 0 bridgehead atoms. The van der Waals surface area contributed by atoms with Gasteiger partial charge in [0.2, 0.25) is 5.95 Å². The molecule has 0 aliphatic heterocycles. The number of aryl methyl sites for hydroxylation is 1. The van der Waals surface area contributed by atoms with Gasteiger partial charge in [0.25, 0.3) is 5.56 Å². The summed E-state index contributed by atoms with van der Waals surface area (Å²) in [5, 5.41) is 5.11. The lowest BCUT2D eigenvalue weighted by Gasteiger charge is -2.22. The lowest BCUT2D eigenvalue weighted by molar-refractivity contribution is 0.773. The standard InChI is InChI=1S/C27H23ClN6O/c1-16-11-12-19(14-30-16)21-15-31-27(29)33-25(21)32-17(2)23-13-18-7-6-10-22(28)24(18)26(35)34(23)20-8-4-3-5-9-20/h3-15,17H,1-2H3,(H3,29,31,32,33)/t17-/m0/s1. The van der Waals surface area contributed by atoms with Crippen molar-refractivity contribution in [2.45, 2.75) is 19.9 Å². The fraction of sp³-hybridized carbons (Fsp3) is 0.111. The van der Waals surface area contributed by atoms with Crippen LogP contribution in [-0.2, 0) is 0 Å². The minimum absolute atomic E-state index is 0.147. The molecule has 5 aromatic rings. The van der Waals surface area contributed by atoms with Crippen LogP contribution in [0.4, 0.5) is 11.8 Å². The molecule has 3 N–H and O–H groups in total. The van der Waals surface area contributed by atoms with Crippen LogP contribution in [0, 0.1) is 6.92 Å². The number of nitrogen functional groups attached to an aromatic ring is 1. The number of halogens is 1. The van der Waals surface area contributed by atoms with Gasteiger partial charge < -0.3 is 11.1 Å². The fourth-order valence-corrected chi connectivity index (χ4v) is 4.39. The Hall–Kier alpha value is -4.23. The van der Waals surface area contributed by atoms with Gasteiger partial charge in [-0.1, -0.05) is 48.0 Å². The SMILES string of the molecule is Cc1ccc(-c2cnc(N)nc2N[C@@H](C)c2cc3cccc(Cl)c3c(=O)n2-c2ccccc2)cn1. The van der Waals surface area contributed by atoms with E-state index in [9.17, 15) is 4.79 Å². The lowest BCUT2D eigenvalue weighted by Crippen LogP contribution is -2.26. The van der Waals surface area contributed by atoms with Gasteiger partial charge in [0.1, 0.15) is 5.82 Å². The Bertz CT molecular complexity index is 1580. The van der Waals surface area contributed by atoms with Crippen molar-refractivity contribution in [2.24, 2.45) is 0 Å². The van der Waals surface area contributed by atoms with Crippen molar-refractivity contribution in [1.82, 2.24) is 19.5 Å². The van der Waals surface area contributed by atoms with Gasteiger partial charge in [-0.3, -0.25) is 14.3 Å². The summed E-state index contributed by atoms with van der Waals surface area (Å²) >= 11 is 6.43. The van der Waals surface area contributed by atoms with Crippen molar-refractivity contribution in [3.8, 4) is 16.8 Å². The van der Waals surface area contributed by atoms with Crippen molar-refractivity contribution < 1.29 is 0 Å². The fourth-order valence-electron chi connectivity index (χ4n) is 4.12. The van der Waals surface area contributed by atoms with E-state index in [0.29, 0.717) is 16.2 Å². The van der Waals surface area contributed by atoms with Crippen molar-refractivity contribution >= 4 is 34.1 Å². The van der Waals surface area contributed by atoms with Gasteiger partial charge in [0, 0.05) is 40.6 Å². The van der Waals surface area contributed by atoms with Gasteiger partial charge in [0.05, 0.1) is 16.5 Å². The summed E-state index contributed by atoms with van der Waals surface area (Å²) < 4.78 is 1.68. The molecule has 0 unspecified atom stereocenters. The van der Waals surface area contributed by atoms with E-state index in [0.717, 1.165) is 33.6 Å². The van der Waals surface area contributed by atoms with E-state index in [4.69, 9.17) is 17.3 Å². The number of benzene rings is 2. The Morgan fingerprint density at radius 1 is 1.00 bits per heavy atom. The molecule has 35 heavy (non-hydrogen) atoms. The van der Waals surface area contributed by atoms with E-state index in [1.54, 1.807) is 23.0 Å². The summed E-state index contributed by atoms with van der Waals surface area (Å²) in [5.41, 5.74) is 9.77. The third kappa shape index (κ3) is 4.34. The molecule has 7 nitrogen and oxygen atoms in total. The average molecular weight is 483 g/mol. The molecule has 3 aromatic heterocycles. The third-order valence-corrected chi connectivity index (χ3v) is 6.18. The predicted molar refractivity (Wildman–Crippen MR) is 141 cm³/mol. The van der Waals surface area contributed by atoms with E-state index in [1.165, 1.54) is 0 Å². The number of anilines is 2. The second-order valence-electron chi connectivity index (χ2n) is 8.29. The van der Waals surface area contributed by atoms with Crippen LogP contribution in [0.3, 0.4) is 0 Å². The number of nitrogens with two attached hydrogens (primary N) is 1. The lowest BCUT2D eigenvalue weighted by atomic mass is 10.1. The van der Waals surface area contributed by atoms with Crippen LogP contribution in [0.2, 0.25) is 5.02 Å². The zero-order valence-electron chi connectivity index (χ0n) is 19.2. The quantitative estimate of drug-likeness (QED) is 0.340. The number of hydrogen-bond donors (Lipinski definition) is 2. The summed E-state index contributed by atoms with van der Waals surface area (Å²) in [6.45, 7) is 3.90. The van der Waals surface area contributed by atoms with Crippen molar-refractivity contribution in [1.29, 1.82) is 0 Å². The molecule has 2 aromatic carbocycles. The molecule has 8 heteroatoms. The average Bonchev–Trinajstić information content (AvgIpc) is 2.85. The minimum Gasteiger partial charge on any atom is -0.368 e. The molecule has 5 rings (SSSR count). The smallest absolute Gasteiger partial charge is 0.264 e. The van der Waals surface area contributed by atoms with E-state index in [1.807, 2.05) is 74.5 Å². The van der Waals surface area contributed by atoms with Gasteiger partial charge in [-0.05, 0) is 49.6 Å². The molecular weight excluding hydrogens is 460 g/mol. The predicted octanol–water partition coefficient (Wildman–Crippen LogP) is 5.56. The first kappa shape index (κ1) is 22.6. The van der Waals surface area contributed by atoms with Crippen LogP contribution in [-0.4, -0.2) is 19.5 Å². The zero-order valence-corrected chi connectivity index (χ0v) is 20.0. The number of para-hydroxylation sites is 1. The zero-order chi connectivity index (χ0) is 24.5. The first-order valence-corrected chi connectivity index (χ1v) is 11.5. The molecule has 0 saturated heterocycles. The first-order valence-electron chi connectivity index (χ1n) is 11.1. The van der Waals surface area contributed by atoms with E-state index < -0.39 is 0 Å². The molecule has 0 aliphatic carbocycles. The molecule has 174 valence electrons. The maximum atomic E-state index is 13.7. The van der Waals surface area contributed by atoms with Gasteiger partial charge in [-0.25, -0.2) is 4.98 Å². The topological polar surface area (TPSA) is 98.7 Å². The number of pyridine rings is 2. The maximum Gasteiger partial charge on any atom is 0.264 e. The summed E-state index contributed by atoms with van der Waals surface area (Å²) in [4.78, 5) is 26.7. The minimum atomic E-state index is -0.322. The molecule has 3 heterocycles. The second-order valence-corrected chi connectivity index (χ2v) is 8.70. The molecule has 0 amide bonds. The van der Waals surface area contributed by atoms with Gasteiger partial charge in [-0.15, -0.1) is 0 Å². The van der Waals surface area contributed by atoms with E-state index >= 15 is 0 Å². The van der Waals surface area contributed by atoms with Crippen LogP contribution in [0.5, 0.6) is 0 Å². The Morgan fingerprint density at radius 3 is 2.54 bits per heavy atom. The maximum absolute atomic E-state index is 13.7. The monoisotopic (exact) mass is 482 g/mol. The highest BCUT2D eigenvalue weighted by molar-refractivity contribution is 6.35. The van der Waals surface area contributed by atoms with E-state index in [-0.39, 0.29) is 17.5 Å². The number of aromatic nitrogens is 4. The highest BCUT2D eigenvalue weighted by Crippen LogP contribution is 2.31. The number of fused-ring (bicyclic) bond motifs is 1. The number of rotatable bonds is 5. The van der Waals surface area contributed by atoms with Crippen molar-refractivity contribution in [3.05, 3.63) is 106 Å². The molecule has 0 saturated carbocycles. The molecule has 1 atom stereocenters. The Balaban J connectivity index is 1.66. The van der Waals surface area contributed by atoms with Crippen LogP contribution >= 0.6 is 11.6 Å². The second kappa shape index (κ2) is 9.19. The van der Waals surface area contributed by atoms with Gasteiger partial charge in [0.15, 0.2) is 0 Å². The van der Waals surface area contributed by atoms with Crippen LogP contribution in [0.15, 0.2) is 83.9 Å². The van der Waals surface area contributed by atoms with Crippen molar-refractivity contribution in [2.75, 3.05) is 11.1 Å². The third-order valence-electron chi connectivity index (χ3n) is 5.87. The van der Waals surface area contributed by atoms with E-state index in [2.05, 4.69) is 20.3 Å². The number of nitrogens with one attached hydrogen (secondary N) is 1. The van der Waals surface area contributed by atoms with Crippen LogP contribution < -0.4 is 16.6 Å². The Labute approximate surface area is 207 Å². The highest BCUT2D eigenvalue weighted by Gasteiger charge is 2.20. The summed E-state index contributed by atoms with van der Waals surface area (Å²) in [5.74, 6) is 0.697. The summed E-state index contributed by atoms with van der Waals surface area (Å²) in [6.07, 6.45) is 3.45. The molecule has 0 radical (unpaired) electrons.